The summed E-state index contributed by atoms with van der Waals surface area (Å²) in [6.45, 7) is 3.84. The molecule has 36 heavy (non-hydrogen) atoms. The van der Waals surface area contributed by atoms with Crippen LogP contribution in [0.25, 0.3) is 27.8 Å². The van der Waals surface area contributed by atoms with Gasteiger partial charge in [-0.1, -0.05) is 50.2 Å². The van der Waals surface area contributed by atoms with Crippen LogP contribution >= 0.6 is 0 Å². The van der Waals surface area contributed by atoms with E-state index in [1.165, 1.54) is 0 Å². The Morgan fingerprint density at radius 2 is 1.81 bits per heavy atom. The molecule has 2 N–H and O–H groups in total. The fourth-order valence-electron chi connectivity index (χ4n) is 4.44. The minimum absolute atomic E-state index is 0.0465. The predicted molar refractivity (Wildman–Crippen MR) is 139 cm³/mol. The van der Waals surface area contributed by atoms with Gasteiger partial charge in [0.2, 0.25) is 5.43 Å². The lowest BCUT2D eigenvalue weighted by atomic mass is 9.81. The minimum atomic E-state index is -0.830. The molecular formula is C29H27N3O4. The van der Waals surface area contributed by atoms with Gasteiger partial charge in [-0.2, -0.15) is 0 Å². The number of carboxylic acids is 1. The number of nitrogens with one attached hydrogen (secondary N) is 1. The molecule has 0 radical (unpaired) electrons. The quantitative estimate of drug-likeness (QED) is 0.399. The number of amides is 1. The van der Waals surface area contributed by atoms with E-state index in [0.29, 0.717) is 11.0 Å². The van der Waals surface area contributed by atoms with Crippen molar-refractivity contribution in [3.05, 3.63) is 94.4 Å². The summed E-state index contributed by atoms with van der Waals surface area (Å²) in [5, 5.41) is 12.5. The van der Waals surface area contributed by atoms with Gasteiger partial charge >= 0.3 is 5.97 Å². The molecular weight excluding hydrogens is 454 g/mol. The van der Waals surface area contributed by atoms with E-state index < -0.39 is 11.4 Å². The van der Waals surface area contributed by atoms with Gasteiger partial charge in [0.15, 0.2) is 0 Å². The fourth-order valence-corrected chi connectivity index (χ4v) is 4.44. The maximum Gasteiger partial charge on any atom is 0.304 e. The molecule has 0 aliphatic heterocycles. The first-order valence-corrected chi connectivity index (χ1v) is 12.0. The lowest BCUT2D eigenvalue weighted by Gasteiger charge is -2.23. The van der Waals surface area contributed by atoms with Crippen LogP contribution in [0.5, 0.6) is 0 Å². The van der Waals surface area contributed by atoms with Crippen LogP contribution in [0.1, 0.15) is 49.0 Å². The van der Waals surface area contributed by atoms with Crippen LogP contribution in [0.15, 0.2) is 77.9 Å². The van der Waals surface area contributed by atoms with Crippen molar-refractivity contribution >= 4 is 22.9 Å². The summed E-state index contributed by atoms with van der Waals surface area (Å²) in [5.74, 6) is -1.19. The molecule has 2 aromatic heterocycles. The third-order valence-electron chi connectivity index (χ3n) is 6.64. The molecule has 0 spiro atoms. The monoisotopic (exact) mass is 481 g/mol. The van der Waals surface area contributed by atoms with Crippen molar-refractivity contribution < 1.29 is 14.7 Å². The number of carboxylic acid groups (broad SMARTS) is 1. The maximum atomic E-state index is 13.1. The lowest BCUT2D eigenvalue weighted by molar-refractivity contribution is -0.138. The molecule has 7 heteroatoms. The summed E-state index contributed by atoms with van der Waals surface area (Å²) in [4.78, 5) is 41.6. The average Bonchev–Trinajstić information content (AvgIpc) is 3.68. The van der Waals surface area contributed by atoms with Crippen LogP contribution in [-0.4, -0.2) is 32.6 Å². The van der Waals surface area contributed by atoms with Crippen molar-refractivity contribution in [3.8, 4) is 16.8 Å². The molecule has 1 aliphatic rings. The van der Waals surface area contributed by atoms with Gasteiger partial charge in [0.25, 0.3) is 5.91 Å². The molecule has 0 bridgehead atoms. The van der Waals surface area contributed by atoms with Crippen LogP contribution in [0, 0.1) is 0 Å². The lowest BCUT2D eigenvalue weighted by Crippen LogP contribution is -2.31. The first-order valence-electron chi connectivity index (χ1n) is 12.0. The van der Waals surface area contributed by atoms with Crippen molar-refractivity contribution in [1.82, 2.24) is 14.9 Å². The van der Waals surface area contributed by atoms with E-state index in [0.717, 1.165) is 35.2 Å². The normalized spacial score (nSPS) is 13.5. The first kappa shape index (κ1) is 23.5. The number of fused-ring (bicyclic) bond motifs is 1. The highest BCUT2D eigenvalue weighted by molar-refractivity contribution is 5.97. The molecule has 2 aromatic carbocycles. The van der Waals surface area contributed by atoms with Gasteiger partial charge in [-0.05, 0) is 53.8 Å². The number of hydrogen-bond acceptors (Lipinski definition) is 4. The van der Waals surface area contributed by atoms with Crippen LogP contribution in [0.3, 0.4) is 0 Å². The molecule has 0 atom stereocenters. The number of pyridine rings is 2. The highest BCUT2D eigenvalue weighted by Crippen LogP contribution is 2.30. The standard InChI is InChI=1S/C29H27N3O4/c1-29(2,16-25(33)34)20-10-8-18(9-11-20)19-5-3-6-22(15-19)32-17-24(28(36)31-21-12-13-21)26(35)23-7-4-14-30-27(23)32/h3-11,14-15,17,21H,12-13,16H2,1-2H3,(H,31,36)(H,33,34). The smallest absolute Gasteiger partial charge is 0.304 e. The summed E-state index contributed by atoms with van der Waals surface area (Å²) in [7, 11) is 0. The Kier molecular flexibility index (Phi) is 5.92. The summed E-state index contributed by atoms with van der Waals surface area (Å²) < 4.78 is 1.78. The van der Waals surface area contributed by atoms with E-state index in [1.807, 2.05) is 62.4 Å². The Labute approximate surface area is 208 Å². The fraction of sp³-hybridized carbons (Fsp3) is 0.241. The predicted octanol–water partition coefficient (Wildman–Crippen LogP) is 4.70. The van der Waals surface area contributed by atoms with E-state index in [4.69, 9.17) is 0 Å². The number of benzene rings is 2. The van der Waals surface area contributed by atoms with Crippen molar-refractivity contribution in [3.63, 3.8) is 0 Å². The second kappa shape index (κ2) is 9.07. The van der Waals surface area contributed by atoms with Crippen molar-refractivity contribution in [2.45, 2.75) is 44.6 Å². The van der Waals surface area contributed by atoms with Crippen LogP contribution in [-0.2, 0) is 10.2 Å². The summed E-state index contributed by atoms with van der Waals surface area (Å²) >= 11 is 0. The van der Waals surface area contributed by atoms with Crippen molar-refractivity contribution in [2.24, 2.45) is 0 Å². The Bertz CT molecular complexity index is 1530. The molecule has 1 aliphatic carbocycles. The van der Waals surface area contributed by atoms with E-state index >= 15 is 0 Å². The summed E-state index contributed by atoms with van der Waals surface area (Å²) in [6.07, 6.45) is 5.12. The summed E-state index contributed by atoms with van der Waals surface area (Å²) in [6, 6.07) is 19.2. The molecule has 182 valence electrons. The first-order chi connectivity index (χ1) is 17.2. The summed E-state index contributed by atoms with van der Waals surface area (Å²) in [5.41, 5.74) is 3.40. The van der Waals surface area contributed by atoms with Gasteiger partial charge in [0.05, 0.1) is 11.8 Å². The maximum absolute atomic E-state index is 13.1. The second-order valence-corrected chi connectivity index (χ2v) is 9.95. The van der Waals surface area contributed by atoms with E-state index in [1.54, 1.807) is 29.1 Å². The van der Waals surface area contributed by atoms with Gasteiger partial charge in [0.1, 0.15) is 11.2 Å². The molecule has 1 saturated carbocycles. The largest absolute Gasteiger partial charge is 0.481 e. The van der Waals surface area contributed by atoms with Crippen LogP contribution in [0.2, 0.25) is 0 Å². The zero-order chi connectivity index (χ0) is 25.4. The topological polar surface area (TPSA) is 101 Å². The van der Waals surface area contributed by atoms with Gasteiger partial charge in [-0.3, -0.25) is 14.4 Å². The highest BCUT2D eigenvalue weighted by Gasteiger charge is 2.26. The number of carbonyl (C=O) groups is 2. The van der Waals surface area contributed by atoms with Crippen LogP contribution in [0.4, 0.5) is 0 Å². The molecule has 0 unspecified atom stereocenters. The number of aliphatic carboxylic acids is 1. The Hall–Kier alpha value is -4.26. The Balaban J connectivity index is 1.55. The third-order valence-corrected chi connectivity index (χ3v) is 6.64. The average molecular weight is 482 g/mol. The molecule has 5 rings (SSSR count). The Morgan fingerprint density at radius 1 is 1.06 bits per heavy atom. The number of carbonyl (C=O) groups excluding carboxylic acids is 1. The highest BCUT2D eigenvalue weighted by atomic mass is 16.4. The SMILES string of the molecule is CC(C)(CC(=O)O)c1ccc(-c2cccc(-n3cc(C(=O)NC4CC4)c(=O)c4cccnc43)c2)cc1. The van der Waals surface area contributed by atoms with Gasteiger partial charge in [-0.15, -0.1) is 0 Å². The zero-order valence-corrected chi connectivity index (χ0v) is 20.2. The number of rotatable bonds is 7. The molecule has 1 fully saturated rings. The van der Waals surface area contributed by atoms with E-state index in [9.17, 15) is 19.5 Å². The molecule has 2 heterocycles. The van der Waals surface area contributed by atoms with Crippen molar-refractivity contribution in [1.29, 1.82) is 0 Å². The van der Waals surface area contributed by atoms with Crippen LogP contribution < -0.4 is 10.7 Å². The molecule has 0 saturated heterocycles. The number of aromatic nitrogens is 2. The van der Waals surface area contributed by atoms with E-state index in [2.05, 4.69) is 10.3 Å². The van der Waals surface area contributed by atoms with Crippen molar-refractivity contribution in [2.75, 3.05) is 0 Å². The molecule has 7 nitrogen and oxygen atoms in total. The van der Waals surface area contributed by atoms with E-state index in [-0.39, 0.29) is 29.4 Å². The zero-order valence-electron chi connectivity index (χ0n) is 20.2. The Morgan fingerprint density at radius 3 is 2.50 bits per heavy atom. The number of hydrogen-bond donors (Lipinski definition) is 2. The second-order valence-electron chi connectivity index (χ2n) is 9.95. The minimum Gasteiger partial charge on any atom is -0.481 e. The van der Waals surface area contributed by atoms with Gasteiger partial charge in [0, 0.05) is 29.5 Å². The number of nitrogens with zero attached hydrogens (tertiary/aromatic N) is 2. The molecule has 4 aromatic rings. The molecule has 1 amide bonds. The third kappa shape index (κ3) is 4.64. The van der Waals surface area contributed by atoms with Gasteiger partial charge in [-0.25, -0.2) is 4.98 Å². The van der Waals surface area contributed by atoms with Gasteiger partial charge < -0.3 is 15.0 Å².